The minimum atomic E-state index is -1.93. The van der Waals surface area contributed by atoms with Crippen molar-refractivity contribution in [2.75, 3.05) is 6.61 Å². The van der Waals surface area contributed by atoms with E-state index in [9.17, 15) is 0 Å². The van der Waals surface area contributed by atoms with Crippen molar-refractivity contribution < 1.29 is 21.7 Å². The number of hydrogen-bond acceptors (Lipinski definition) is 1. The van der Waals surface area contributed by atoms with Gasteiger partial charge in [0, 0.05) is 6.42 Å². The Balaban J connectivity index is 0.00000225. The van der Waals surface area contributed by atoms with Crippen LogP contribution in [0.25, 0.3) is 0 Å². The van der Waals surface area contributed by atoms with Crippen molar-refractivity contribution in [1.29, 1.82) is 0 Å². The molecule has 0 amide bonds. The number of ether oxygens (including phenoxy) is 1. The molecular weight excluding hydrogens is 427 g/mol. The summed E-state index contributed by atoms with van der Waals surface area (Å²) in [5, 5.41) is 4.13. The molecule has 0 aromatic heterocycles. The van der Waals surface area contributed by atoms with Gasteiger partial charge in [-0.3, -0.25) is 0 Å². The monoisotopic (exact) mass is 452 g/mol. The second kappa shape index (κ2) is 10.0. The van der Waals surface area contributed by atoms with Crippen LogP contribution < -0.4 is 32.9 Å². The van der Waals surface area contributed by atoms with Crippen molar-refractivity contribution in [3.63, 3.8) is 0 Å². The van der Waals surface area contributed by atoms with Crippen LogP contribution in [0.4, 0.5) is 0 Å². The smallest absolute Gasteiger partial charge is 0.140 e. The lowest BCUT2D eigenvalue weighted by Crippen LogP contribution is -3.00. The molecule has 0 bridgehead atoms. The fraction of sp³-hybridized carbons (Fsp3) is 0.200. The largest absolute Gasteiger partial charge is 1.00 e. The molecule has 1 heterocycles. The molecule has 0 aliphatic carbocycles. The highest BCUT2D eigenvalue weighted by Crippen LogP contribution is 2.58. The molecule has 1 aliphatic heterocycles. The number of rotatable bonds is 4. The van der Waals surface area contributed by atoms with Crippen LogP contribution in [0.15, 0.2) is 103 Å². The fourth-order valence-corrected chi connectivity index (χ4v) is 7.74. The standard InChI is InChI=1S/C25H26OP.BrH/c1-6-14-23(15-7-1)27(24-16-8-2-9-17-24,25-18-10-3-11-19-25)21-22-13-5-4-12-20-26-22;/h1-3,6-11,14-19,21H,4-5,12-13,20H2;1H/q+1;/p-1. The van der Waals surface area contributed by atoms with Crippen LogP contribution in [0.1, 0.15) is 25.7 Å². The Hall–Kier alpha value is -1.89. The van der Waals surface area contributed by atoms with Gasteiger partial charge < -0.3 is 21.7 Å². The van der Waals surface area contributed by atoms with E-state index in [4.69, 9.17) is 4.74 Å². The SMILES string of the molecule is C(=C1CCCCCO1)[P+](c1ccccc1)(c1ccccc1)c1ccccc1.[Br-]. The molecule has 1 saturated heterocycles. The van der Waals surface area contributed by atoms with E-state index in [-0.39, 0.29) is 17.0 Å². The van der Waals surface area contributed by atoms with E-state index >= 15 is 0 Å². The van der Waals surface area contributed by atoms with Crippen LogP contribution in [0, 0.1) is 0 Å². The summed E-state index contributed by atoms with van der Waals surface area (Å²) in [6.07, 6.45) is 4.66. The lowest BCUT2D eigenvalue weighted by molar-refractivity contribution is -0.00000606. The first-order valence-electron chi connectivity index (χ1n) is 9.80. The van der Waals surface area contributed by atoms with Crippen LogP contribution in [0.3, 0.4) is 0 Å². The molecule has 0 unspecified atom stereocenters. The third-order valence-corrected chi connectivity index (χ3v) is 9.20. The van der Waals surface area contributed by atoms with Crippen LogP contribution in [0.2, 0.25) is 0 Å². The van der Waals surface area contributed by atoms with Gasteiger partial charge in [0.05, 0.1) is 6.61 Å². The zero-order valence-corrected chi connectivity index (χ0v) is 18.5. The molecule has 0 N–H and O–H groups in total. The average molecular weight is 453 g/mol. The predicted molar refractivity (Wildman–Crippen MR) is 118 cm³/mol. The first-order valence-corrected chi connectivity index (χ1v) is 11.7. The minimum absolute atomic E-state index is 0. The van der Waals surface area contributed by atoms with Crippen molar-refractivity contribution in [3.8, 4) is 0 Å². The van der Waals surface area contributed by atoms with Crippen LogP contribution >= 0.6 is 7.26 Å². The maximum absolute atomic E-state index is 6.21. The molecule has 144 valence electrons. The van der Waals surface area contributed by atoms with Gasteiger partial charge >= 0.3 is 0 Å². The third kappa shape index (κ3) is 4.40. The molecule has 1 aliphatic rings. The molecule has 4 rings (SSSR count). The third-order valence-electron chi connectivity index (χ3n) is 5.18. The van der Waals surface area contributed by atoms with Crippen LogP contribution in [-0.2, 0) is 4.74 Å². The lowest BCUT2D eigenvalue weighted by Gasteiger charge is -2.25. The molecular formula is C25H26BrOP. The Morgan fingerprint density at radius 1 is 0.607 bits per heavy atom. The van der Waals surface area contributed by atoms with E-state index in [1.54, 1.807) is 0 Å². The van der Waals surface area contributed by atoms with Gasteiger partial charge in [0.25, 0.3) is 0 Å². The van der Waals surface area contributed by atoms with Gasteiger partial charge in [0.1, 0.15) is 34.8 Å². The quantitative estimate of drug-likeness (QED) is 0.552. The first-order chi connectivity index (χ1) is 13.4. The van der Waals surface area contributed by atoms with Crippen molar-refractivity contribution in [1.82, 2.24) is 0 Å². The van der Waals surface area contributed by atoms with E-state index in [0.29, 0.717) is 0 Å². The Morgan fingerprint density at radius 3 is 1.54 bits per heavy atom. The highest BCUT2D eigenvalue weighted by molar-refractivity contribution is 7.98. The van der Waals surface area contributed by atoms with Crippen molar-refractivity contribution in [2.24, 2.45) is 0 Å². The maximum Gasteiger partial charge on any atom is 0.140 e. The molecule has 0 radical (unpaired) electrons. The average Bonchev–Trinajstić information content (AvgIpc) is 3.02. The van der Waals surface area contributed by atoms with Crippen LogP contribution in [0.5, 0.6) is 0 Å². The van der Waals surface area contributed by atoms with Crippen molar-refractivity contribution in [3.05, 3.63) is 103 Å². The van der Waals surface area contributed by atoms with E-state index in [2.05, 4.69) is 96.8 Å². The molecule has 0 saturated carbocycles. The van der Waals surface area contributed by atoms with E-state index in [1.165, 1.54) is 28.8 Å². The summed E-state index contributed by atoms with van der Waals surface area (Å²) in [5.74, 6) is 3.65. The molecule has 1 nitrogen and oxygen atoms in total. The van der Waals surface area contributed by atoms with Crippen molar-refractivity contribution >= 4 is 23.2 Å². The number of halogens is 1. The Bertz CT molecular complexity index is 772. The van der Waals surface area contributed by atoms with Crippen LogP contribution in [-0.4, -0.2) is 6.61 Å². The molecule has 28 heavy (non-hydrogen) atoms. The highest BCUT2D eigenvalue weighted by atomic mass is 79.9. The van der Waals surface area contributed by atoms with Gasteiger partial charge in [-0.25, -0.2) is 0 Å². The summed E-state index contributed by atoms with van der Waals surface area (Å²) in [6, 6.07) is 32.9. The number of hydrogen-bond donors (Lipinski definition) is 0. The molecule has 3 aromatic carbocycles. The van der Waals surface area contributed by atoms with E-state index in [1.807, 2.05) is 0 Å². The second-order valence-corrected chi connectivity index (χ2v) is 10.2. The van der Waals surface area contributed by atoms with E-state index in [0.717, 1.165) is 25.2 Å². The topological polar surface area (TPSA) is 9.23 Å². The predicted octanol–water partition coefficient (Wildman–Crippen LogP) is 2.42. The fourth-order valence-electron chi connectivity index (χ4n) is 3.83. The summed E-state index contributed by atoms with van der Waals surface area (Å²) >= 11 is 0. The van der Waals surface area contributed by atoms with Gasteiger partial charge in [-0.05, 0) is 55.7 Å². The molecule has 1 fully saturated rings. The molecule has 0 spiro atoms. The first kappa shape index (κ1) is 20.8. The van der Waals surface area contributed by atoms with E-state index < -0.39 is 7.26 Å². The van der Waals surface area contributed by atoms with Gasteiger partial charge in [0.15, 0.2) is 0 Å². The highest BCUT2D eigenvalue weighted by Gasteiger charge is 2.44. The van der Waals surface area contributed by atoms with Gasteiger partial charge in [-0.2, -0.15) is 0 Å². The Kier molecular flexibility index (Phi) is 7.48. The van der Waals surface area contributed by atoms with Gasteiger partial charge in [0.2, 0.25) is 0 Å². The summed E-state index contributed by atoms with van der Waals surface area (Å²) in [4.78, 5) is 0. The zero-order chi connectivity index (χ0) is 18.4. The Labute approximate surface area is 179 Å². The molecule has 0 atom stereocenters. The zero-order valence-electron chi connectivity index (χ0n) is 16.0. The van der Waals surface area contributed by atoms with Gasteiger partial charge in [-0.1, -0.05) is 54.6 Å². The maximum atomic E-state index is 6.21. The minimum Gasteiger partial charge on any atom is -1.00 e. The summed E-state index contributed by atoms with van der Waals surface area (Å²) in [6.45, 7) is 0.838. The summed E-state index contributed by atoms with van der Waals surface area (Å²) < 4.78 is 6.21. The molecule has 3 aromatic rings. The second-order valence-electron chi connectivity index (χ2n) is 6.98. The normalized spacial score (nSPS) is 15.9. The number of benzene rings is 3. The van der Waals surface area contributed by atoms with Crippen molar-refractivity contribution in [2.45, 2.75) is 25.7 Å². The Morgan fingerprint density at radius 2 is 1.07 bits per heavy atom. The molecule has 3 heteroatoms. The summed E-state index contributed by atoms with van der Waals surface area (Å²) in [5.41, 5.74) is 0. The summed E-state index contributed by atoms with van der Waals surface area (Å²) in [7, 11) is -1.93. The lowest BCUT2D eigenvalue weighted by atomic mass is 10.2. The number of allylic oxidation sites excluding steroid dienone is 1. The van der Waals surface area contributed by atoms with Gasteiger partial charge in [-0.15, -0.1) is 0 Å².